The highest BCUT2D eigenvalue weighted by atomic mass is 32.2. The molecule has 0 atom stereocenters. The Morgan fingerprint density at radius 1 is 1.07 bits per heavy atom. The molecule has 14 heavy (non-hydrogen) atoms. The summed E-state index contributed by atoms with van der Waals surface area (Å²) in [7, 11) is -4.00. The van der Waals surface area contributed by atoms with Gasteiger partial charge in [-0.3, -0.25) is 4.55 Å². The quantitative estimate of drug-likeness (QED) is 0.577. The van der Waals surface area contributed by atoms with Crippen LogP contribution in [0.25, 0.3) is 0 Å². The van der Waals surface area contributed by atoms with Crippen LogP contribution in [0, 0.1) is 0 Å². The molecule has 0 saturated heterocycles. The molecule has 1 N–H and O–H groups in total. The third kappa shape index (κ3) is 5.50. The third-order valence-corrected chi connectivity index (χ3v) is 2.24. The molecule has 78 valence electrons. The summed E-state index contributed by atoms with van der Waals surface area (Å²) in [5, 5.41) is 0. The Hall–Kier alpha value is -1.13. The lowest BCUT2D eigenvalue weighted by Crippen LogP contribution is -1.96. The molecule has 3 nitrogen and oxygen atoms in total. The Labute approximate surface area is 84.8 Å². The summed E-state index contributed by atoms with van der Waals surface area (Å²) in [4.78, 5) is -0.0741. The van der Waals surface area contributed by atoms with Gasteiger partial charge in [0.25, 0.3) is 10.1 Å². The monoisotopic (exact) mass is 214 g/mol. The Morgan fingerprint density at radius 2 is 1.50 bits per heavy atom. The fourth-order valence-electron chi connectivity index (χ4n) is 0.592. The Balaban J connectivity index is 0.000000364. The molecule has 0 aliphatic rings. The van der Waals surface area contributed by atoms with Gasteiger partial charge in [0.05, 0.1) is 4.90 Å². The standard InChI is InChI=1S/C6H6O3S.C4H8/c7-10(8,9)6-4-2-1-3-5-6;1-3-4-2/h1-5H,(H,7,8,9);3-4H,1-2H3. The molecule has 0 aliphatic heterocycles. The second-order valence-electron chi connectivity index (χ2n) is 2.45. The predicted octanol–water partition coefficient (Wildman–Crippen LogP) is 2.52. The van der Waals surface area contributed by atoms with Crippen molar-refractivity contribution in [2.75, 3.05) is 0 Å². The van der Waals surface area contributed by atoms with Crippen LogP contribution in [0.4, 0.5) is 0 Å². The maximum absolute atomic E-state index is 10.4. The molecule has 0 bridgehead atoms. The van der Waals surface area contributed by atoms with Crippen molar-refractivity contribution in [2.45, 2.75) is 18.7 Å². The first-order valence-electron chi connectivity index (χ1n) is 4.12. The molecule has 0 aliphatic carbocycles. The minimum atomic E-state index is -4.00. The van der Waals surface area contributed by atoms with Crippen LogP contribution in [0.5, 0.6) is 0 Å². The van der Waals surface area contributed by atoms with Gasteiger partial charge in [0.1, 0.15) is 0 Å². The molecule has 0 aromatic heterocycles. The lowest BCUT2D eigenvalue weighted by atomic mass is 10.4. The first kappa shape index (κ1) is 12.9. The van der Waals surface area contributed by atoms with Crippen LogP contribution in [0.15, 0.2) is 47.4 Å². The molecule has 0 amide bonds. The topological polar surface area (TPSA) is 54.4 Å². The van der Waals surface area contributed by atoms with E-state index in [0.29, 0.717) is 0 Å². The number of hydrogen-bond acceptors (Lipinski definition) is 2. The summed E-state index contributed by atoms with van der Waals surface area (Å²) in [6, 6.07) is 7.42. The van der Waals surface area contributed by atoms with Crippen molar-refractivity contribution >= 4 is 10.1 Å². The number of allylic oxidation sites excluding steroid dienone is 2. The molecular formula is C10H14O3S. The second-order valence-corrected chi connectivity index (χ2v) is 3.88. The minimum absolute atomic E-state index is 0.0741. The van der Waals surface area contributed by atoms with Crippen molar-refractivity contribution in [1.82, 2.24) is 0 Å². The summed E-state index contributed by atoms with van der Waals surface area (Å²) in [5.41, 5.74) is 0. The number of rotatable bonds is 1. The lowest BCUT2D eigenvalue weighted by molar-refractivity contribution is 0.483. The highest BCUT2D eigenvalue weighted by Crippen LogP contribution is 2.05. The van der Waals surface area contributed by atoms with Crippen molar-refractivity contribution in [1.29, 1.82) is 0 Å². The molecule has 1 aromatic carbocycles. The van der Waals surface area contributed by atoms with Crippen LogP contribution in [-0.2, 0) is 10.1 Å². The van der Waals surface area contributed by atoms with E-state index in [0.717, 1.165) is 0 Å². The van der Waals surface area contributed by atoms with E-state index in [9.17, 15) is 8.42 Å². The zero-order chi connectivity index (χ0) is 11.0. The van der Waals surface area contributed by atoms with Gasteiger partial charge in [-0.05, 0) is 26.0 Å². The fraction of sp³-hybridized carbons (Fsp3) is 0.200. The fourth-order valence-corrected chi connectivity index (χ4v) is 1.09. The molecule has 0 fully saturated rings. The molecule has 1 aromatic rings. The van der Waals surface area contributed by atoms with Crippen molar-refractivity contribution in [3.8, 4) is 0 Å². The van der Waals surface area contributed by atoms with Crippen LogP contribution in [0.1, 0.15) is 13.8 Å². The Bertz CT molecular complexity index is 362. The van der Waals surface area contributed by atoms with Gasteiger partial charge in [-0.15, -0.1) is 0 Å². The minimum Gasteiger partial charge on any atom is -0.282 e. The SMILES string of the molecule is CC=CC.O=S(=O)(O)c1ccccc1. The molecule has 0 radical (unpaired) electrons. The van der Waals surface area contributed by atoms with Crippen LogP contribution in [0.2, 0.25) is 0 Å². The largest absolute Gasteiger partial charge is 0.294 e. The van der Waals surface area contributed by atoms with Crippen molar-refractivity contribution in [3.05, 3.63) is 42.5 Å². The van der Waals surface area contributed by atoms with E-state index in [2.05, 4.69) is 0 Å². The van der Waals surface area contributed by atoms with Crippen molar-refractivity contribution < 1.29 is 13.0 Å². The van der Waals surface area contributed by atoms with Crippen LogP contribution in [-0.4, -0.2) is 13.0 Å². The van der Waals surface area contributed by atoms with Gasteiger partial charge in [0.15, 0.2) is 0 Å². The third-order valence-electron chi connectivity index (χ3n) is 1.37. The average molecular weight is 214 g/mol. The number of hydrogen-bond donors (Lipinski definition) is 1. The van der Waals surface area contributed by atoms with E-state index in [4.69, 9.17) is 4.55 Å². The van der Waals surface area contributed by atoms with Crippen LogP contribution in [0.3, 0.4) is 0 Å². The maximum Gasteiger partial charge on any atom is 0.294 e. The van der Waals surface area contributed by atoms with Gasteiger partial charge in [0.2, 0.25) is 0 Å². The average Bonchev–Trinajstić information content (AvgIpc) is 2.18. The van der Waals surface area contributed by atoms with Gasteiger partial charge in [0, 0.05) is 0 Å². The molecule has 0 unspecified atom stereocenters. The first-order valence-corrected chi connectivity index (χ1v) is 5.56. The van der Waals surface area contributed by atoms with E-state index in [1.807, 2.05) is 26.0 Å². The molecule has 0 heterocycles. The summed E-state index contributed by atoms with van der Waals surface area (Å²) in [6.07, 6.45) is 4.00. The molecule has 0 saturated carbocycles. The number of benzene rings is 1. The van der Waals surface area contributed by atoms with Gasteiger partial charge < -0.3 is 0 Å². The molecule has 0 spiro atoms. The van der Waals surface area contributed by atoms with Crippen molar-refractivity contribution in [2.24, 2.45) is 0 Å². The Kier molecular flexibility index (Phi) is 5.83. The van der Waals surface area contributed by atoms with Crippen LogP contribution >= 0.6 is 0 Å². The lowest BCUT2D eigenvalue weighted by Gasteiger charge is -1.92. The highest BCUT2D eigenvalue weighted by Gasteiger charge is 2.05. The van der Waals surface area contributed by atoms with E-state index in [1.165, 1.54) is 12.1 Å². The molecular weight excluding hydrogens is 200 g/mol. The van der Waals surface area contributed by atoms with Crippen LogP contribution < -0.4 is 0 Å². The van der Waals surface area contributed by atoms with Gasteiger partial charge in [-0.2, -0.15) is 8.42 Å². The van der Waals surface area contributed by atoms with E-state index in [1.54, 1.807) is 18.2 Å². The van der Waals surface area contributed by atoms with E-state index >= 15 is 0 Å². The summed E-state index contributed by atoms with van der Waals surface area (Å²) >= 11 is 0. The molecule has 1 rings (SSSR count). The molecule has 4 heteroatoms. The zero-order valence-corrected chi connectivity index (χ0v) is 9.03. The zero-order valence-electron chi connectivity index (χ0n) is 8.21. The van der Waals surface area contributed by atoms with Crippen molar-refractivity contribution in [3.63, 3.8) is 0 Å². The summed E-state index contributed by atoms with van der Waals surface area (Å²) in [5.74, 6) is 0. The van der Waals surface area contributed by atoms with Gasteiger partial charge in [-0.25, -0.2) is 0 Å². The normalized spacial score (nSPS) is 10.8. The Morgan fingerprint density at radius 3 is 1.71 bits per heavy atom. The van der Waals surface area contributed by atoms with Gasteiger partial charge in [-0.1, -0.05) is 30.4 Å². The summed E-state index contributed by atoms with van der Waals surface area (Å²) < 4.78 is 29.2. The van der Waals surface area contributed by atoms with E-state index in [-0.39, 0.29) is 4.90 Å². The summed E-state index contributed by atoms with van der Waals surface area (Å²) in [6.45, 7) is 4.00. The smallest absolute Gasteiger partial charge is 0.282 e. The first-order chi connectivity index (χ1) is 6.52. The predicted molar refractivity (Wildman–Crippen MR) is 56.7 cm³/mol. The van der Waals surface area contributed by atoms with E-state index < -0.39 is 10.1 Å². The second kappa shape index (κ2) is 6.34. The highest BCUT2D eigenvalue weighted by molar-refractivity contribution is 7.85. The maximum atomic E-state index is 10.4. The van der Waals surface area contributed by atoms with Gasteiger partial charge >= 0.3 is 0 Å².